The minimum absolute atomic E-state index is 0.0278. The van der Waals surface area contributed by atoms with E-state index in [1.165, 1.54) is 6.92 Å². The zero-order chi connectivity index (χ0) is 13.9. The monoisotopic (exact) mass is 269 g/mol. The van der Waals surface area contributed by atoms with Crippen LogP contribution < -0.4 is 5.32 Å². The predicted molar refractivity (Wildman–Crippen MR) is 55.4 cm³/mol. The Balaban J connectivity index is 2.71. The molecule has 0 aliphatic heterocycles. The van der Waals surface area contributed by atoms with Crippen LogP contribution >= 0.6 is 0 Å². The van der Waals surface area contributed by atoms with Gasteiger partial charge in [0.25, 0.3) is 0 Å². The molecule has 0 saturated heterocycles. The van der Waals surface area contributed by atoms with Crippen molar-refractivity contribution < 1.29 is 27.1 Å². The Hall–Kier alpha value is -1.37. The number of hydrogen-bond donors (Lipinski definition) is 2. The van der Waals surface area contributed by atoms with Gasteiger partial charge in [-0.1, -0.05) is 0 Å². The molecule has 0 fully saturated rings. The Morgan fingerprint density at radius 1 is 1.33 bits per heavy atom. The van der Waals surface area contributed by atoms with Crippen LogP contribution in [-0.2, 0) is 0 Å². The molecule has 7 heteroatoms. The topological polar surface area (TPSA) is 32.3 Å². The van der Waals surface area contributed by atoms with E-state index in [1.807, 2.05) is 0 Å². The van der Waals surface area contributed by atoms with E-state index >= 15 is 0 Å². The summed E-state index contributed by atoms with van der Waals surface area (Å²) in [5.74, 6) is -5.12. The van der Waals surface area contributed by atoms with Crippen LogP contribution in [0.25, 0.3) is 0 Å². The van der Waals surface area contributed by atoms with Crippen LogP contribution in [0.15, 0.2) is 18.2 Å². The maximum Gasteiger partial charge on any atom is 0.319 e. The fourth-order valence-corrected chi connectivity index (χ4v) is 1.35. The molecule has 0 aromatic heterocycles. The molecule has 0 aliphatic carbocycles. The molecular weight excluding hydrogens is 257 g/mol. The van der Waals surface area contributed by atoms with E-state index in [4.69, 9.17) is 0 Å². The van der Waals surface area contributed by atoms with Crippen molar-refractivity contribution >= 4 is 0 Å². The molecule has 18 heavy (non-hydrogen) atoms. The number of phenolic OH excluding ortho intramolecular Hbond substituents is 1. The zero-order valence-electron chi connectivity index (χ0n) is 9.43. The van der Waals surface area contributed by atoms with Crippen molar-refractivity contribution in [3.63, 3.8) is 0 Å². The number of aromatic hydroxyl groups is 1. The van der Waals surface area contributed by atoms with Gasteiger partial charge in [-0.25, -0.2) is 13.2 Å². The Morgan fingerprint density at radius 3 is 2.50 bits per heavy atom. The molecule has 0 radical (unpaired) electrons. The van der Waals surface area contributed by atoms with Crippen LogP contribution in [0.3, 0.4) is 0 Å². The first kappa shape index (κ1) is 14.7. The number of hydrogen-bond acceptors (Lipinski definition) is 2. The summed E-state index contributed by atoms with van der Waals surface area (Å²) in [6.45, 7) is 0.0951. The highest BCUT2D eigenvalue weighted by molar-refractivity contribution is 5.34. The first-order valence-corrected chi connectivity index (χ1v) is 5.12. The number of rotatable bonds is 5. The van der Waals surface area contributed by atoms with Gasteiger partial charge in [-0.05, 0) is 25.1 Å². The molecule has 1 unspecified atom stereocenters. The Kier molecular flexibility index (Phi) is 4.50. The third-order valence-electron chi connectivity index (χ3n) is 2.42. The third kappa shape index (κ3) is 3.56. The summed E-state index contributed by atoms with van der Waals surface area (Å²) in [4.78, 5) is 0. The van der Waals surface area contributed by atoms with Crippen molar-refractivity contribution in [1.29, 1.82) is 0 Å². The minimum Gasteiger partial charge on any atom is -0.508 e. The summed E-state index contributed by atoms with van der Waals surface area (Å²) >= 11 is 0. The second-order valence-corrected chi connectivity index (χ2v) is 3.87. The smallest absolute Gasteiger partial charge is 0.319 e. The molecule has 1 aromatic rings. The van der Waals surface area contributed by atoms with Gasteiger partial charge in [-0.3, -0.25) is 0 Å². The molecule has 1 rings (SSSR count). The Bertz CT molecular complexity index is 410. The van der Waals surface area contributed by atoms with Crippen molar-refractivity contribution in [2.75, 3.05) is 6.54 Å². The van der Waals surface area contributed by atoms with E-state index in [1.54, 1.807) is 0 Å². The minimum atomic E-state index is -4.17. The van der Waals surface area contributed by atoms with Gasteiger partial charge < -0.3 is 10.4 Å². The lowest BCUT2D eigenvalue weighted by Crippen LogP contribution is -2.39. The molecule has 1 aromatic carbocycles. The second-order valence-electron chi connectivity index (χ2n) is 3.87. The van der Waals surface area contributed by atoms with Gasteiger partial charge in [0, 0.05) is 11.6 Å². The fraction of sp³-hybridized carbons (Fsp3) is 0.455. The van der Waals surface area contributed by atoms with Crippen LogP contribution in [-0.4, -0.2) is 24.0 Å². The molecule has 102 valence electrons. The summed E-state index contributed by atoms with van der Waals surface area (Å²) < 4.78 is 62.0. The average Bonchev–Trinajstić information content (AvgIpc) is 2.29. The number of alkyl halides is 4. The van der Waals surface area contributed by atoms with Gasteiger partial charge >= 0.3 is 12.3 Å². The predicted octanol–water partition coefficient (Wildman–Crippen LogP) is 3.08. The van der Waals surface area contributed by atoms with E-state index in [0.29, 0.717) is 0 Å². The van der Waals surface area contributed by atoms with Gasteiger partial charge in [0.2, 0.25) is 0 Å². The maximum atomic E-state index is 12.9. The van der Waals surface area contributed by atoms with Crippen molar-refractivity contribution in [2.24, 2.45) is 0 Å². The lowest BCUT2D eigenvalue weighted by molar-refractivity contribution is -0.126. The Morgan fingerprint density at radius 2 is 1.94 bits per heavy atom. The SMILES string of the molecule is CC(NCC(F)(F)C(F)F)c1cc(F)ccc1O. The summed E-state index contributed by atoms with van der Waals surface area (Å²) in [5.41, 5.74) is 0.0278. The molecular formula is C11H12F5NO. The second kappa shape index (κ2) is 5.51. The van der Waals surface area contributed by atoms with Crippen LogP contribution in [0.4, 0.5) is 22.0 Å². The molecule has 1 atom stereocenters. The number of phenols is 1. The highest BCUT2D eigenvalue weighted by atomic mass is 19.3. The van der Waals surface area contributed by atoms with Gasteiger partial charge in [0.1, 0.15) is 11.6 Å². The number of benzene rings is 1. The molecule has 0 bridgehead atoms. The molecule has 0 heterocycles. The standard InChI is InChI=1S/C11H12F5NO/c1-6(17-5-11(15,16)10(13)14)8-4-7(12)2-3-9(8)18/h2-4,6,10,17-18H,5H2,1H3. The Labute approximate surface area is 100 Å². The van der Waals surface area contributed by atoms with E-state index < -0.39 is 30.8 Å². The molecule has 0 saturated carbocycles. The highest BCUT2D eigenvalue weighted by Crippen LogP contribution is 2.27. The largest absolute Gasteiger partial charge is 0.508 e. The summed E-state index contributed by atoms with van der Waals surface area (Å²) in [5, 5.41) is 11.5. The molecule has 2 N–H and O–H groups in total. The first-order valence-electron chi connectivity index (χ1n) is 5.12. The van der Waals surface area contributed by atoms with Crippen LogP contribution in [0.5, 0.6) is 5.75 Å². The van der Waals surface area contributed by atoms with Crippen molar-refractivity contribution in [1.82, 2.24) is 5.32 Å². The summed E-state index contributed by atoms with van der Waals surface area (Å²) in [6.07, 6.45) is -3.78. The van der Waals surface area contributed by atoms with Gasteiger partial charge in [-0.2, -0.15) is 8.78 Å². The number of nitrogens with one attached hydrogen (secondary N) is 1. The maximum absolute atomic E-state index is 12.9. The van der Waals surface area contributed by atoms with Gasteiger partial charge in [-0.15, -0.1) is 0 Å². The lowest BCUT2D eigenvalue weighted by Gasteiger charge is -2.20. The number of halogens is 5. The average molecular weight is 269 g/mol. The van der Waals surface area contributed by atoms with Gasteiger partial charge in [0.05, 0.1) is 6.54 Å². The van der Waals surface area contributed by atoms with E-state index in [2.05, 4.69) is 5.32 Å². The third-order valence-corrected chi connectivity index (χ3v) is 2.42. The summed E-state index contributed by atoms with van der Waals surface area (Å²) in [6, 6.07) is 2.13. The normalized spacial score (nSPS) is 13.9. The molecule has 0 amide bonds. The van der Waals surface area contributed by atoms with Crippen molar-refractivity contribution in [3.8, 4) is 5.75 Å². The molecule has 0 aliphatic rings. The van der Waals surface area contributed by atoms with Crippen LogP contribution in [0.1, 0.15) is 18.5 Å². The van der Waals surface area contributed by atoms with Crippen molar-refractivity contribution in [3.05, 3.63) is 29.6 Å². The van der Waals surface area contributed by atoms with Crippen molar-refractivity contribution in [2.45, 2.75) is 25.3 Å². The van der Waals surface area contributed by atoms with Crippen LogP contribution in [0, 0.1) is 5.82 Å². The molecule has 0 spiro atoms. The molecule has 2 nitrogen and oxygen atoms in total. The lowest BCUT2D eigenvalue weighted by atomic mass is 10.1. The fourth-order valence-electron chi connectivity index (χ4n) is 1.35. The first-order chi connectivity index (χ1) is 8.24. The van der Waals surface area contributed by atoms with E-state index in [9.17, 15) is 27.1 Å². The van der Waals surface area contributed by atoms with Gasteiger partial charge in [0.15, 0.2) is 0 Å². The zero-order valence-corrected chi connectivity index (χ0v) is 9.43. The summed E-state index contributed by atoms with van der Waals surface area (Å²) in [7, 11) is 0. The van der Waals surface area contributed by atoms with E-state index in [0.717, 1.165) is 18.2 Å². The van der Waals surface area contributed by atoms with Crippen LogP contribution in [0.2, 0.25) is 0 Å². The highest BCUT2D eigenvalue weighted by Gasteiger charge is 2.40. The van der Waals surface area contributed by atoms with E-state index in [-0.39, 0.29) is 11.3 Å². The quantitative estimate of drug-likeness (QED) is 0.805.